The van der Waals surface area contributed by atoms with Gasteiger partial charge in [-0.1, -0.05) is 29.8 Å². The molecule has 18 heavy (non-hydrogen) atoms. The second kappa shape index (κ2) is 4.37. The van der Waals surface area contributed by atoms with Gasteiger partial charge in [-0.15, -0.1) is 0 Å². The lowest BCUT2D eigenvalue weighted by Gasteiger charge is -2.14. The molecule has 0 unspecified atom stereocenters. The SMILES string of the molecule is Cc1ccc(-c2ccc(N)cc2)c(C(F)(F)F)c1. The van der Waals surface area contributed by atoms with Gasteiger partial charge >= 0.3 is 6.18 Å². The topological polar surface area (TPSA) is 26.0 Å². The van der Waals surface area contributed by atoms with E-state index in [1.54, 1.807) is 37.3 Å². The molecule has 0 aliphatic heterocycles. The molecule has 0 bridgehead atoms. The summed E-state index contributed by atoms with van der Waals surface area (Å²) in [6, 6.07) is 10.7. The molecule has 4 heteroatoms. The van der Waals surface area contributed by atoms with Crippen molar-refractivity contribution in [1.29, 1.82) is 0 Å². The lowest BCUT2D eigenvalue weighted by Crippen LogP contribution is -2.07. The van der Waals surface area contributed by atoms with Crippen LogP contribution in [0.25, 0.3) is 11.1 Å². The molecule has 0 saturated heterocycles. The van der Waals surface area contributed by atoms with Crippen LogP contribution in [0.1, 0.15) is 11.1 Å². The maximum absolute atomic E-state index is 13.0. The van der Waals surface area contributed by atoms with Crippen molar-refractivity contribution in [1.82, 2.24) is 0 Å². The predicted molar refractivity (Wildman–Crippen MR) is 66.0 cm³/mol. The van der Waals surface area contributed by atoms with Crippen molar-refractivity contribution in [2.24, 2.45) is 0 Å². The van der Waals surface area contributed by atoms with E-state index in [2.05, 4.69) is 0 Å². The minimum absolute atomic E-state index is 0.174. The second-order valence-corrected chi connectivity index (χ2v) is 4.17. The van der Waals surface area contributed by atoms with Crippen LogP contribution in [-0.2, 0) is 6.18 Å². The maximum atomic E-state index is 13.0. The van der Waals surface area contributed by atoms with Crippen LogP contribution in [0.5, 0.6) is 0 Å². The van der Waals surface area contributed by atoms with E-state index < -0.39 is 11.7 Å². The Kier molecular flexibility index (Phi) is 3.03. The van der Waals surface area contributed by atoms with E-state index in [1.165, 1.54) is 6.07 Å². The van der Waals surface area contributed by atoms with Crippen molar-refractivity contribution >= 4 is 5.69 Å². The second-order valence-electron chi connectivity index (χ2n) is 4.17. The van der Waals surface area contributed by atoms with Crippen molar-refractivity contribution in [3.05, 3.63) is 53.6 Å². The summed E-state index contributed by atoms with van der Waals surface area (Å²) < 4.78 is 38.9. The zero-order chi connectivity index (χ0) is 13.3. The molecule has 0 saturated carbocycles. The average molecular weight is 251 g/mol. The summed E-state index contributed by atoms with van der Waals surface area (Å²) in [5.41, 5.74) is 6.71. The summed E-state index contributed by atoms with van der Waals surface area (Å²) in [5, 5.41) is 0. The first-order chi connectivity index (χ1) is 8.38. The number of aryl methyl sites for hydroxylation is 1. The fourth-order valence-electron chi connectivity index (χ4n) is 1.81. The molecular weight excluding hydrogens is 239 g/mol. The number of anilines is 1. The average Bonchev–Trinajstić information content (AvgIpc) is 2.29. The largest absolute Gasteiger partial charge is 0.417 e. The van der Waals surface area contributed by atoms with E-state index in [9.17, 15) is 13.2 Å². The van der Waals surface area contributed by atoms with Crippen LogP contribution in [0.3, 0.4) is 0 Å². The van der Waals surface area contributed by atoms with Crippen molar-refractivity contribution in [3.8, 4) is 11.1 Å². The number of rotatable bonds is 1. The van der Waals surface area contributed by atoms with Gasteiger partial charge < -0.3 is 5.73 Å². The first-order valence-electron chi connectivity index (χ1n) is 5.42. The Balaban J connectivity index is 2.60. The third-order valence-corrected chi connectivity index (χ3v) is 2.70. The minimum Gasteiger partial charge on any atom is -0.399 e. The molecule has 0 spiro atoms. The lowest BCUT2D eigenvalue weighted by molar-refractivity contribution is -0.137. The molecule has 1 nitrogen and oxygen atoms in total. The molecule has 2 aromatic carbocycles. The zero-order valence-electron chi connectivity index (χ0n) is 9.75. The summed E-state index contributed by atoms with van der Waals surface area (Å²) in [4.78, 5) is 0. The molecule has 2 N–H and O–H groups in total. The Labute approximate surface area is 103 Å². The maximum Gasteiger partial charge on any atom is 0.417 e. The molecule has 0 amide bonds. The number of benzene rings is 2. The summed E-state index contributed by atoms with van der Waals surface area (Å²) in [5.74, 6) is 0. The van der Waals surface area contributed by atoms with Gasteiger partial charge in [0.1, 0.15) is 0 Å². The van der Waals surface area contributed by atoms with Gasteiger partial charge in [-0.05, 0) is 36.2 Å². The lowest BCUT2D eigenvalue weighted by atomic mass is 9.97. The van der Waals surface area contributed by atoms with E-state index >= 15 is 0 Å². The number of alkyl halides is 3. The van der Waals surface area contributed by atoms with Crippen molar-refractivity contribution < 1.29 is 13.2 Å². The molecule has 2 rings (SSSR count). The highest BCUT2D eigenvalue weighted by molar-refractivity contribution is 5.70. The number of halogens is 3. The molecule has 0 radical (unpaired) electrons. The Morgan fingerprint density at radius 1 is 0.944 bits per heavy atom. The van der Waals surface area contributed by atoms with Crippen LogP contribution < -0.4 is 5.73 Å². The Morgan fingerprint density at radius 2 is 1.56 bits per heavy atom. The van der Waals surface area contributed by atoms with E-state index in [-0.39, 0.29) is 5.56 Å². The molecule has 2 aromatic rings. The molecule has 0 aliphatic carbocycles. The zero-order valence-corrected chi connectivity index (χ0v) is 9.75. The van der Waals surface area contributed by atoms with Gasteiger partial charge in [-0.2, -0.15) is 13.2 Å². The smallest absolute Gasteiger partial charge is 0.399 e. The molecular formula is C14H12F3N. The molecule has 0 heterocycles. The van der Waals surface area contributed by atoms with Gasteiger partial charge in [0.2, 0.25) is 0 Å². The van der Waals surface area contributed by atoms with Crippen LogP contribution in [0.15, 0.2) is 42.5 Å². The van der Waals surface area contributed by atoms with Crippen LogP contribution in [0.2, 0.25) is 0 Å². The summed E-state index contributed by atoms with van der Waals surface area (Å²) in [6.07, 6.45) is -4.36. The van der Waals surface area contributed by atoms with E-state index in [1.807, 2.05) is 0 Å². The van der Waals surface area contributed by atoms with Crippen LogP contribution in [0, 0.1) is 6.92 Å². The van der Waals surface area contributed by atoms with Gasteiger partial charge in [0.15, 0.2) is 0 Å². The molecule has 0 aromatic heterocycles. The van der Waals surface area contributed by atoms with Crippen LogP contribution in [0.4, 0.5) is 18.9 Å². The van der Waals surface area contributed by atoms with Crippen molar-refractivity contribution in [3.63, 3.8) is 0 Å². The quantitative estimate of drug-likeness (QED) is 0.753. The molecule has 0 fully saturated rings. The molecule has 0 atom stereocenters. The van der Waals surface area contributed by atoms with E-state index in [4.69, 9.17) is 5.73 Å². The van der Waals surface area contributed by atoms with Crippen molar-refractivity contribution in [2.75, 3.05) is 5.73 Å². The van der Waals surface area contributed by atoms with Gasteiger partial charge in [0, 0.05) is 5.69 Å². The van der Waals surface area contributed by atoms with Crippen molar-refractivity contribution in [2.45, 2.75) is 13.1 Å². The van der Waals surface area contributed by atoms with Crippen LogP contribution in [-0.4, -0.2) is 0 Å². The fraction of sp³-hybridized carbons (Fsp3) is 0.143. The van der Waals surface area contributed by atoms with Gasteiger partial charge in [0.25, 0.3) is 0 Å². The predicted octanol–water partition coefficient (Wildman–Crippen LogP) is 4.26. The van der Waals surface area contributed by atoms with E-state index in [0.29, 0.717) is 16.8 Å². The minimum atomic E-state index is -4.36. The Hall–Kier alpha value is -1.97. The van der Waals surface area contributed by atoms with Gasteiger partial charge in [-0.25, -0.2) is 0 Å². The highest BCUT2D eigenvalue weighted by Crippen LogP contribution is 2.37. The van der Waals surface area contributed by atoms with Gasteiger partial charge in [0.05, 0.1) is 5.56 Å². The first-order valence-corrected chi connectivity index (χ1v) is 5.42. The van der Waals surface area contributed by atoms with Gasteiger partial charge in [-0.3, -0.25) is 0 Å². The van der Waals surface area contributed by atoms with E-state index in [0.717, 1.165) is 6.07 Å². The monoisotopic (exact) mass is 251 g/mol. The highest BCUT2D eigenvalue weighted by Gasteiger charge is 2.33. The third kappa shape index (κ3) is 2.47. The Bertz CT molecular complexity index is 556. The molecule has 0 aliphatic rings. The standard InChI is InChI=1S/C14H12F3N/c1-9-2-7-12(13(8-9)14(15,16)17)10-3-5-11(18)6-4-10/h2-8H,18H2,1H3. The third-order valence-electron chi connectivity index (χ3n) is 2.70. The number of nitrogen functional groups attached to an aromatic ring is 1. The number of hydrogen-bond acceptors (Lipinski definition) is 1. The fourth-order valence-corrected chi connectivity index (χ4v) is 1.81. The number of hydrogen-bond donors (Lipinski definition) is 1. The number of nitrogens with two attached hydrogens (primary N) is 1. The highest BCUT2D eigenvalue weighted by atomic mass is 19.4. The molecule has 94 valence electrons. The Morgan fingerprint density at radius 3 is 2.11 bits per heavy atom. The first kappa shape index (κ1) is 12.5. The summed E-state index contributed by atoms with van der Waals surface area (Å²) >= 11 is 0. The van der Waals surface area contributed by atoms with Crippen LogP contribution >= 0.6 is 0 Å². The summed E-state index contributed by atoms with van der Waals surface area (Å²) in [6.45, 7) is 1.64. The normalized spacial score (nSPS) is 11.6. The summed E-state index contributed by atoms with van der Waals surface area (Å²) in [7, 11) is 0.